The van der Waals surface area contributed by atoms with Gasteiger partial charge in [-0.3, -0.25) is 4.98 Å². The maximum atomic E-state index is 6.01. The average Bonchev–Trinajstić information content (AvgIpc) is 3.21. The summed E-state index contributed by atoms with van der Waals surface area (Å²) >= 11 is 0. The van der Waals surface area contributed by atoms with E-state index in [1.807, 2.05) is 6.20 Å². The van der Waals surface area contributed by atoms with Crippen molar-refractivity contribution in [2.24, 2.45) is 11.7 Å². The molecule has 4 heteroatoms. The number of piperidine rings is 1. The summed E-state index contributed by atoms with van der Waals surface area (Å²) in [4.78, 5) is 6.59. The fourth-order valence-electron chi connectivity index (χ4n) is 2.40. The van der Waals surface area contributed by atoms with Crippen LogP contribution in [0.1, 0.15) is 25.7 Å². The molecule has 3 rings (SSSR count). The molecule has 98 valence electrons. The molecule has 1 atom stereocenters. The van der Waals surface area contributed by atoms with E-state index in [1.54, 1.807) is 6.20 Å². The van der Waals surface area contributed by atoms with Crippen molar-refractivity contribution in [3.05, 3.63) is 18.5 Å². The highest BCUT2D eigenvalue weighted by atomic mass is 16.5. The normalized spacial score (nSPS) is 24.1. The summed E-state index contributed by atoms with van der Waals surface area (Å²) in [5, 5.41) is 0. The van der Waals surface area contributed by atoms with Crippen LogP contribution < -0.4 is 15.4 Å². The zero-order chi connectivity index (χ0) is 12.4. The van der Waals surface area contributed by atoms with Crippen LogP contribution >= 0.6 is 0 Å². The van der Waals surface area contributed by atoms with E-state index in [0.717, 1.165) is 49.9 Å². The molecule has 1 aromatic heterocycles. The first kappa shape index (κ1) is 11.8. The van der Waals surface area contributed by atoms with E-state index in [9.17, 15) is 0 Å². The van der Waals surface area contributed by atoms with Gasteiger partial charge in [-0.25, -0.2) is 0 Å². The predicted molar refractivity (Wildman–Crippen MR) is 71.9 cm³/mol. The summed E-state index contributed by atoms with van der Waals surface area (Å²) in [5.41, 5.74) is 7.15. The maximum absolute atomic E-state index is 6.01. The molecular formula is C14H21N3O. The molecule has 0 spiro atoms. The van der Waals surface area contributed by atoms with Crippen molar-refractivity contribution in [1.29, 1.82) is 0 Å². The van der Waals surface area contributed by atoms with Crippen LogP contribution in [-0.4, -0.2) is 30.7 Å². The first-order valence-electron chi connectivity index (χ1n) is 6.89. The Morgan fingerprint density at radius 2 is 2.22 bits per heavy atom. The lowest BCUT2D eigenvalue weighted by Crippen LogP contribution is -2.42. The van der Waals surface area contributed by atoms with Gasteiger partial charge >= 0.3 is 0 Å². The Labute approximate surface area is 108 Å². The van der Waals surface area contributed by atoms with Crippen LogP contribution in [0.2, 0.25) is 0 Å². The van der Waals surface area contributed by atoms with Gasteiger partial charge in [-0.2, -0.15) is 0 Å². The third-order valence-electron chi connectivity index (χ3n) is 3.70. The average molecular weight is 247 g/mol. The lowest BCUT2D eigenvalue weighted by atomic mass is 10.1. The van der Waals surface area contributed by atoms with Crippen molar-refractivity contribution < 1.29 is 4.74 Å². The molecular weight excluding hydrogens is 226 g/mol. The molecule has 2 heterocycles. The number of rotatable bonds is 4. The molecule has 1 saturated heterocycles. The van der Waals surface area contributed by atoms with Crippen molar-refractivity contribution in [2.75, 3.05) is 24.6 Å². The van der Waals surface area contributed by atoms with Crippen LogP contribution in [0.25, 0.3) is 0 Å². The standard InChI is InChI=1S/C14H21N3O/c15-12-2-1-5-17(9-12)13-6-14(8-16-7-13)18-10-11-3-4-11/h6-8,11-12H,1-5,9-10,15H2. The Morgan fingerprint density at radius 1 is 1.33 bits per heavy atom. The number of aromatic nitrogens is 1. The number of hydrogen-bond donors (Lipinski definition) is 1. The third kappa shape index (κ3) is 2.93. The van der Waals surface area contributed by atoms with E-state index in [4.69, 9.17) is 10.5 Å². The van der Waals surface area contributed by atoms with Crippen LogP contribution in [0.4, 0.5) is 5.69 Å². The number of hydrogen-bond acceptors (Lipinski definition) is 4. The van der Waals surface area contributed by atoms with Crippen molar-refractivity contribution in [3.63, 3.8) is 0 Å². The third-order valence-corrected chi connectivity index (χ3v) is 3.70. The van der Waals surface area contributed by atoms with Gasteiger partial charge in [0.05, 0.1) is 24.7 Å². The number of ether oxygens (including phenoxy) is 1. The van der Waals surface area contributed by atoms with Gasteiger partial charge in [-0.1, -0.05) is 0 Å². The van der Waals surface area contributed by atoms with E-state index < -0.39 is 0 Å². The summed E-state index contributed by atoms with van der Waals surface area (Å²) in [7, 11) is 0. The van der Waals surface area contributed by atoms with Crippen LogP contribution in [0, 0.1) is 5.92 Å². The Kier molecular flexibility index (Phi) is 3.37. The van der Waals surface area contributed by atoms with Gasteiger partial charge in [0, 0.05) is 25.2 Å². The minimum Gasteiger partial charge on any atom is -0.492 e. The molecule has 4 nitrogen and oxygen atoms in total. The molecule has 1 aromatic rings. The van der Waals surface area contributed by atoms with E-state index in [2.05, 4.69) is 16.0 Å². The molecule has 0 amide bonds. The molecule has 0 radical (unpaired) electrons. The summed E-state index contributed by atoms with van der Waals surface area (Å²) < 4.78 is 5.77. The lowest BCUT2D eigenvalue weighted by Gasteiger charge is -2.32. The highest BCUT2D eigenvalue weighted by Gasteiger charge is 2.22. The summed E-state index contributed by atoms with van der Waals surface area (Å²) in [6.07, 6.45) is 8.62. The van der Waals surface area contributed by atoms with Gasteiger partial charge in [-0.15, -0.1) is 0 Å². The highest BCUT2D eigenvalue weighted by Crippen LogP contribution is 2.30. The number of anilines is 1. The minimum atomic E-state index is 0.287. The van der Waals surface area contributed by atoms with E-state index in [0.29, 0.717) is 0 Å². The van der Waals surface area contributed by atoms with E-state index in [1.165, 1.54) is 12.8 Å². The quantitative estimate of drug-likeness (QED) is 0.881. The molecule has 2 N–H and O–H groups in total. The van der Waals surface area contributed by atoms with Gasteiger partial charge in [0.15, 0.2) is 0 Å². The van der Waals surface area contributed by atoms with Crippen molar-refractivity contribution >= 4 is 5.69 Å². The molecule has 0 aromatic carbocycles. The minimum absolute atomic E-state index is 0.287. The Morgan fingerprint density at radius 3 is 3.00 bits per heavy atom. The lowest BCUT2D eigenvalue weighted by molar-refractivity contribution is 0.298. The van der Waals surface area contributed by atoms with Gasteiger partial charge in [0.25, 0.3) is 0 Å². The van der Waals surface area contributed by atoms with Crippen LogP contribution in [0.3, 0.4) is 0 Å². The van der Waals surface area contributed by atoms with Gasteiger partial charge in [-0.05, 0) is 31.6 Å². The fourth-order valence-corrected chi connectivity index (χ4v) is 2.40. The topological polar surface area (TPSA) is 51.4 Å². The Bertz CT molecular complexity index is 406. The second-order valence-electron chi connectivity index (χ2n) is 5.48. The summed E-state index contributed by atoms with van der Waals surface area (Å²) in [5.74, 6) is 1.66. The molecule has 1 saturated carbocycles. The summed E-state index contributed by atoms with van der Waals surface area (Å²) in [6, 6.07) is 2.38. The van der Waals surface area contributed by atoms with Crippen LogP contribution in [0.15, 0.2) is 18.5 Å². The predicted octanol–water partition coefficient (Wildman–Crippen LogP) is 1.80. The molecule has 1 unspecified atom stereocenters. The molecule has 1 aliphatic carbocycles. The number of nitrogens with zero attached hydrogens (tertiary/aromatic N) is 2. The number of nitrogens with two attached hydrogens (primary N) is 1. The molecule has 2 aliphatic rings. The monoisotopic (exact) mass is 247 g/mol. The first-order valence-corrected chi connectivity index (χ1v) is 6.89. The van der Waals surface area contributed by atoms with Crippen LogP contribution in [0.5, 0.6) is 5.75 Å². The zero-order valence-corrected chi connectivity index (χ0v) is 10.7. The Balaban J connectivity index is 1.65. The maximum Gasteiger partial charge on any atom is 0.139 e. The second-order valence-corrected chi connectivity index (χ2v) is 5.48. The largest absolute Gasteiger partial charge is 0.492 e. The first-order chi connectivity index (χ1) is 8.81. The van der Waals surface area contributed by atoms with Crippen molar-refractivity contribution in [1.82, 2.24) is 4.98 Å². The van der Waals surface area contributed by atoms with Gasteiger partial charge in [0.2, 0.25) is 0 Å². The SMILES string of the molecule is NC1CCCN(c2cncc(OCC3CC3)c2)C1. The van der Waals surface area contributed by atoms with Gasteiger partial charge in [0.1, 0.15) is 5.75 Å². The summed E-state index contributed by atoms with van der Waals surface area (Å²) in [6.45, 7) is 2.83. The van der Waals surface area contributed by atoms with E-state index >= 15 is 0 Å². The molecule has 0 bridgehead atoms. The van der Waals surface area contributed by atoms with Crippen molar-refractivity contribution in [2.45, 2.75) is 31.7 Å². The van der Waals surface area contributed by atoms with Crippen molar-refractivity contribution in [3.8, 4) is 5.75 Å². The molecule has 18 heavy (non-hydrogen) atoms. The number of pyridine rings is 1. The van der Waals surface area contributed by atoms with E-state index in [-0.39, 0.29) is 6.04 Å². The van der Waals surface area contributed by atoms with Gasteiger partial charge < -0.3 is 15.4 Å². The smallest absolute Gasteiger partial charge is 0.139 e. The van der Waals surface area contributed by atoms with Crippen LogP contribution in [-0.2, 0) is 0 Å². The second kappa shape index (κ2) is 5.14. The Hall–Kier alpha value is -1.29. The molecule has 1 aliphatic heterocycles. The fraction of sp³-hybridized carbons (Fsp3) is 0.643. The molecule has 2 fully saturated rings. The zero-order valence-electron chi connectivity index (χ0n) is 10.7. The highest BCUT2D eigenvalue weighted by molar-refractivity contribution is 5.48.